The molecule has 0 aliphatic carbocycles. The Hall–Kier alpha value is -1.11. The van der Waals surface area contributed by atoms with E-state index in [1.54, 1.807) is 0 Å². The number of ether oxygens (including phenoxy) is 1. The average molecular weight is 258 g/mol. The minimum absolute atomic E-state index is 0.141. The summed E-state index contributed by atoms with van der Waals surface area (Å²) in [4.78, 5) is 10.0. The molecule has 0 radical (unpaired) electrons. The number of halogens is 1. The van der Waals surface area contributed by atoms with E-state index in [0.717, 1.165) is 19.7 Å². The number of nitrogens with two attached hydrogens (primary N) is 1. The number of nitrogens with one attached hydrogen (secondary N) is 1. The summed E-state index contributed by atoms with van der Waals surface area (Å²) in [6.07, 6.45) is 1.63. The molecule has 1 unspecified atom stereocenters. The summed E-state index contributed by atoms with van der Waals surface area (Å²) < 4.78 is 5.62. The van der Waals surface area contributed by atoms with Crippen molar-refractivity contribution in [1.29, 1.82) is 0 Å². The molecule has 0 aromatic carbocycles. The molecular weight excluding hydrogens is 242 g/mol. The zero-order valence-electron chi connectivity index (χ0n) is 9.69. The molecule has 3 N–H and O–H groups in total. The molecule has 0 spiro atoms. The SMILES string of the molecule is CN1CCOC(CNc2nc(Cl)ncc2N)C1. The molecule has 6 nitrogen and oxygen atoms in total. The molecule has 1 aliphatic heterocycles. The highest BCUT2D eigenvalue weighted by molar-refractivity contribution is 6.28. The van der Waals surface area contributed by atoms with Gasteiger partial charge in [0.05, 0.1) is 24.6 Å². The van der Waals surface area contributed by atoms with Gasteiger partial charge in [-0.15, -0.1) is 0 Å². The Labute approximate surface area is 105 Å². The zero-order chi connectivity index (χ0) is 12.3. The summed E-state index contributed by atoms with van der Waals surface area (Å²) in [5, 5.41) is 3.32. The van der Waals surface area contributed by atoms with Crippen LogP contribution in [0.3, 0.4) is 0 Å². The lowest BCUT2D eigenvalue weighted by Crippen LogP contribution is -2.43. The summed E-state index contributed by atoms with van der Waals surface area (Å²) in [6, 6.07) is 0. The van der Waals surface area contributed by atoms with Gasteiger partial charge in [0.15, 0.2) is 5.82 Å². The number of aromatic nitrogens is 2. The molecule has 1 fully saturated rings. The van der Waals surface area contributed by atoms with Crippen molar-refractivity contribution in [1.82, 2.24) is 14.9 Å². The number of hydrogen-bond acceptors (Lipinski definition) is 6. The topological polar surface area (TPSA) is 76.3 Å². The van der Waals surface area contributed by atoms with E-state index < -0.39 is 0 Å². The largest absolute Gasteiger partial charge is 0.394 e. The second-order valence-corrected chi connectivity index (χ2v) is 4.42. The average Bonchev–Trinajstić information content (AvgIpc) is 2.30. The van der Waals surface area contributed by atoms with Crippen LogP contribution in [-0.4, -0.2) is 54.3 Å². The van der Waals surface area contributed by atoms with Crippen molar-refractivity contribution in [2.45, 2.75) is 6.10 Å². The van der Waals surface area contributed by atoms with Crippen LogP contribution in [0.15, 0.2) is 6.20 Å². The van der Waals surface area contributed by atoms with Crippen LogP contribution in [0.5, 0.6) is 0 Å². The summed E-state index contributed by atoms with van der Waals surface area (Å²) >= 11 is 5.70. The molecule has 2 heterocycles. The van der Waals surface area contributed by atoms with Crippen LogP contribution in [0.1, 0.15) is 0 Å². The third kappa shape index (κ3) is 3.42. The van der Waals surface area contributed by atoms with Crippen molar-refractivity contribution in [3.63, 3.8) is 0 Å². The fraction of sp³-hybridized carbons (Fsp3) is 0.600. The number of likely N-dealkylation sites (N-methyl/N-ethyl adjacent to an activating group) is 1. The van der Waals surface area contributed by atoms with Gasteiger partial charge in [-0.05, 0) is 18.6 Å². The maximum atomic E-state index is 5.73. The molecule has 0 bridgehead atoms. The van der Waals surface area contributed by atoms with E-state index >= 15 is 0 Å². The first kappa shape index (κ1) is 12.3. The van der Waals surface area contributed by atoms with E-state index in [9.17, 15) is 0 Å². The van der Waals surface area contributed by atoms with Gasteiger partial charge in [-0.2, -0.15) is 4.98 Å². The predicted molar refractivity (Wildman–Crippen MR) is 67.2 cm³/mol. The minimum Gasteiger partial charge on any atom is -0.394 e. The molecule has 1 saturated heterocycles. The number of rotatable bonds is 3. The Morgan fingerprint density at radius 3 is 3.29 bits per heavy atom. The Morgan fingerprint density at radius 2 is 2.53 bits per heavy atom. The van der Waals surface area contributed by atoms with Crippen molar-refractivity contribution < 1.29 is 4.74 Å². The lowest BCUT2D eigenvalue weighted by Gasteiger charge is -2.30. The van der Waals surface area contributed by atoms with Crippen molar-refractivity contribution in [2.24, 2.45) is 0 Å². The molecule has 2 rings (SSSR count). The van der Waals surface area contributed by atoms with Gasteiger partial charge >= 0.3 is 0 Å². The van der Waals surface area contributed by atoms with Crippen LogP contribution in [0.4, 0.5) is 11.5 Å². The summed E-state index contributed by atoms with van der Waals surface area (Å²) in [5.41, 5.74) is 6.22. The zero-order valence-corrected chi connectivity index (χ0v) is 10.4. The maximum Gasteiger partial charge on any atom is 0.224 e. The predicted octanol–water partition coefficient (Wildman–Crippen LogP) is 0.455. The second-order valence-electron chi connectivity index (χ2n) is 4.08. The third-order valence-electron chi connectivity index (χ3n) is 2.63. The normalized spacial score (nSPS) is 21.4. The van der Waals surface area contributed by atoms with E-state index in [4.69, 9.17) is 22.1 Å². The van der Waals surface area contributed by atoms with E-state index in [2.05, 4.69) is 27.2 Å². The van der Waals surface area contributed by atoms with Crippen LogP contribution in [0.25, 0.3) is 0 Å². The Morgan fingerprint density at radius 1 is 1.71 bits per heavy atom. The van der Waals surface area contributed by atoms with E-state index in [-0.39, 0.29) is 11.4 Å². The van der Waals surface area contributed by atoms with Gasteiger partial charge in [0.2, 0.25) is 5.28 Å². The number of nitrogen functional groups attached to an aromatic ring is 1. The van der Waals surface area contributed by atoms with Crippen molar-refractivity contribution >= 4 is 23.1 Å². The first-order valence-electron chi connectivity index (χ1n) is 5.47. The molecule has 1 aliphatic rings. The van der Waals surface area contributed by atoms with Gasteiger partial charge in [-0.25, -0.2) is 4.98 Å². The highest BCUT2D eigenvalue weighted by Gasteiger charge is 2.17. The molecule has 94 valence electrons. The van der Waals surface area contributed by atoms with Gasteiger partial charge in [0.25, 0.3) is 0 Å². The fourth-order valence-electron chi connectivity index (χ4n) is 1.71. The van der Waals surface area contributed by atoms with E-state index in [0.29, 0.717) is 18.1 Å². The Balaban J connectivity index is 1.90. The lowest BCUT2D eigenvalue weighted by molar-refractivity contribution is -0.0117. The van der Waals surface area contributed by atoms with Gasteiger partial charge < -0.3 is 20.7 Å². The van der Waals surface area contributed by atoms with Crippen molar-refractivity contribution in [2.75, 3.05) is 44.3 Å². The molecule has 1 aromatic heterocycles. The lowest BCUT2D eigenvalue weighted by atomic mass is 10.3. The molecule has 0 saturated carbocycles. The second kappa shape index (κ2) is 5.48. The third-order valence-corrected chi connectivity index (χ3v) is 2.81. The highest BCUT2D eigenvalue weighted by Crippen LogP contribution is 2.16. The number of morpholine rings is 1. The number of hydrogen-bond donors (Lipinski definition) is 2. The van der Waals surface area contributed by atoms with Crippen molar-refractivity contribution in [3.8, 4) is 0 Å². The van der Waals surface area contributed by atoms with Gasteiger partial charge in [-0.1, -0.05) is 0 Å². The summed E-state index contributed by atoms with van der Waals surface area (Å²) in [6.45, 7) is 3.27. The molecule has 1 aromatic rings. The number of nitrogens with zero attached hydrogens (tertiary/aromatic N) is 3. The van der Waals surface area contributed by atoms with Crippen LogP contribution in [0.2, 0.25) is 5.28 Å². The quantitative estimate of drug-likeness (QED) is 0.766. The van der Waals surface area contributed by atoms with Gasteiger partial charge in [-0.3, -0.25) is 0 Å². The molecule has 1 atom stereocenters. The smallest absolute Gasteiger partial charge is 0.224 e. The van der Waals surface area contributed by atoms with Gasteiger partial charge in [0, 0.05) is 19.6 Å². The Bertz CT molecular complexity index is 389. The minimum atomic E-state index is 0.141. The standard InChI is InChI=1S/C10H16ClN5O/c1-16-2-3-17-7(6-16)4-13-9-8(12)5-14-10(11)15-9/h5,7H,2-4,6,12H2,1H3,(H,13,14,15). The van der Waals surface area contributed by atoms with Crippen LogP contribution in [-0.2, 0) is 4.74 Å². The monoisotopic (exact) mass is 257 g/mol. The van der Waals surface area contributed by atoms with Crippen LogP contribution < -0.4 is 11.1 Å². The van der Waals surface area contributed by atoms with E-state index in [1.165, 1.54) is 6.20 Å². The fourth-order valence-corrected chi connectivity index (χ4v) is 1.85. The maximum absolute atomic E-state index is 5.73. The number of anilines is 2. The van der Waals surface area contributed by atoms with Crippen LogP contribution >= 0.6 is 11.6 Å². The Kier molecular flexibility index (Phi) is 3.98. The molecule has 0 amide bonds. The first-order chi connectivity index (χ1) is 8.15. The van der Waals surface area contributed by atoms with E-state index in [1.807, 2.05) is 0 Å². The van der Waals surface area contributed by atoms with Crippen molar-refractivity contribution in [3.05, 3.63) is 11.5 Å². The first-order valence-corrected chi connectivity index (χ1v) is 5.85. The van der Waals surface area contributed by atoms with Crippen LogP contribution in [0, 0.1) is 0 Å². The summed E-state index contributed by atoms with van der Waals surface area (Å²) in [5.74, 6) is 0.557. The molecule has 7 heteroatoms. The highest BCUT2D eigenvalue weighted by atomic mass is 35.5. The van der Waals surface area contributed by atoms with Gasteiger partial charge in [0.1, 0.15) is 0 Å². The molecular formula is C10H16ClN5O. The molecule has 17 heavy (non-hydrogen) atoms. The summed E-state index contributed by atoms with van der Waals surface area (Å²) in [7, 11) is 2.07.